The third kappa shape index (κ3) is 3.79. The second kappa shape index (κ2) is 7.25. The van der Waals surface area contributed by atoms with Crippen LogP contribution in [0.3, 0.4) is 0 Å². The number of nitrogens with one attached hydrogen (secondary N) is 1. The minimum atomic E-state index is -0.491. The molecule has 7 nitrogen and oxygen atoms in total. The number of nitro groups is 1. The summed E-state index contributed by atoms with van der Waals surface area (Å²) in [4.78, 5) is 19.1. The summed E-state index contributed by atoms with van der Waals surface area (Å²) in [5.74, 6) is 0.687. The van der Waals surface area contributed by atoms with Crippen molar-refractivity contribution in [2.45, 2.75) is 45.1 Å². The van der Waals surface area contributed by atoms with Crippen molar-refractivity contribution in [1.29, 1.82) is 0 Å². The van der Waals surface area contributed by atoms with Gasteiger partial charge in [0.15, 0.2) is 0 Å². The van der Waals surface area contributed by atoms with Crippen molar-refractivity contribution in [3.8, 4) is 11.6 Å². The molecule has 0 unspecified atom stereocenters. The van der Waals surface area contributed by atoms with Gasteiger partial charge in [-0.1, -0.05) is 37.0 Å². The fourth-order valence-corrected chi connectivity index (χ4v) is 2.87. The number of hydrogen-bond donors (Lipinski definition) is 1. The number of rotatable bonds is 5. The average molecular weight is 328 g/mol. The molecule has 1 heterocycles. The van der Waals surface area contributed by atoms with E-state index in [1.54, 1.807) is 12.1 Å². The quantitative estimate of drug-likeness (QED) is 0.652. The lowest BCUT2D eigenvalue weighted by atomic mass is 9.95. The van der Waals surface area contributed by atoms with Gasteiger partial charge in [0.25, 0.3) is 0 Å². The first kappa shape index (κ1) is 16.2. The molecular formula is C17H20N4O3. The smallest absolute Gasteiger partial charge is 0.373 e. The van der Waals surface area contributed by atoms with E-state index in [2.05, 4.69) is 15.3 Å². The van der Waals surface area contributed by atoms with Crippen molar-refractivity contribution in [1.82, 2.24) is 9.97 Å². The summed E-state index contributed by atoms with van der Waals surface area (Å²) in [6, 6.07) is 7.48. The molecule has 0 bridgehead atoms. The van der Waals surface area contributed by atoms with Crippen molar-refractivity contribution in [2.24, 2.45) is 0 Å². The molecule has 0 aliphatic heterocycles. The van der Waals surface area contributed by atoms with E-state index >= 15 is 0 Å². The lowest BCUT2D eigenvalue weighted by Gasteiger charge is -2.23. The molecule has 0 radical (unpaired) electrons. The summed E-state index contributed by atoms with van der Waals surface area (Å²) in [5.41, 5.74) is 0.864. The Morgan fingerprint density at radius 3 is 2.54 bits per heavy atom. The summed E-state index contributed by atoms with van der Waals surface area (Å²) in [7, 11) is 0. The zero-order valence-electron chi connectivity index (χ0n) is 13.6. The van der Waals surface area contributed by atoms with Crippen LogP contribution >= 0.6 is 0 Å². The molecule has 7 heteroatoms. The Bertz CT molecular complexity index is 712. The van der Waals surface area contributed by atoms with E-state index in [1.165, 1.54) is 12.7 Å². The van der Waals surface area contributed by atoms with Gasteiger partial charge in [0.2, 0.25) is 5.82 Å². The molecule has 0 spiro atoms. The second-order valence-electron chi connectivity index (χ2n) is 6.03. The molecule has 1 aromatic heterocycles. The standard InChI is InChI=1S/C17H20N4O3/c1-12-7-9-14(10-8-12)24-17-15(21(22)23)16(18-11-19-17)20-13-5-3-2-4-6-13/h7-11,13H,2-6H2,1H3,(H,18,19,20). The largest absolute Gasteiger partial charge is 0.434 e. The van der Waals surface area contributed by atoms with Gasteiger partial charge in [-0.15, -0.1) is 0 Å². The zero-order chi connectivity index (χ0) is 16.9. The predicted octanol–water partition coefficient (Wildman–Crippen LogP) is 4.23. The molecule has 1 aromatic carbocycles. The Kier molecular flexibility index (Phi) is 4.88. The molecule has 2 aromatic rings. The van der Waals surface area contributed by atoms with Crippen LogP contribution in [0.25, 0.3) is 0 Å². The number of nitrogens with zero attached hydrogens (tertiary/aromatic N) is 3. The van der Waals surface area contributed by atoms with E-state index in [0.717, 1.165) is 31.2 Å². The molecule has 24 heavy (non-hydrogen) atoms. The van der Waals surface area contributed by atoms with E-state index < -0.39 is 4.92 Å². The SMILES string of the molecule is Cc1ccc(Oc2ncnc(NC3CCCCC3)c2[N+](=O)[O-])cc1. The Morgan fingerprint density at radius 2 is 1.88 bits per heavy atom. The van der Waals surface area contributed by atoms with Crippen LogP contribution in [0.15, 0.2) is 30.6 Å². The maximum absolute atomic E-state index is 11.5. The Labute approximate surface area is 140 Å². The minimum Gasteiger partial charge on any atom is -0.434 e. The van der Waals surface area contributed by atoms with Crippen LogP contribution in [0.5, 0.6) is 11.6 Å². The highest BCUT2D eigenvalue weighted by Crippen LogP contribution is 2.35. The molecule has 0 atom stereocenters. The minimum absolute atomic E-state index is 0.0443. The molecule has 1 aliphatic rings. The van der Waals surface area contributed by atoms with Crippen molar-refractivity contribution in [3.63, 3.8) is 0 Å². The monoisotopic (exact) mass is 328 g/mol. The van der Waals surface area contributed by atoms with Crippen LogP contribution in [0.1, 0.15) is 37.7 Å². The molecule has 126 valence electrons. The number of aryl methyl sites for hydroxylation is 1. The summed E-state index contributed by atoms with van der Waals surface area (Å²) in [5, 5.41) is 14.7. The van der Waals surface area contributed by atoms with Gasteiger partial charge in [0, 0.05) is 6.04 Å². The van der Waals surface area contributed by atoms with Crippen LogP contribution in [-0.2, 0) is 0 Å². The summed E-state index contributed by atoms with van der Waals surface area (Å²) >= 11 is 0. The Balaban J connectivity index is 1.86. The normalized spacial score (nSPS) is 15.0. The highest BCUT2D eigenvalue weighted by molar-refractivity contribution is 5.62. The first-order valence-electron chi connectivity index (χ1n) is 8.14. The van der Waals surface area contributed by atoms with Gasteiger partial charge < -0.3 is 10.1 Å². The van der Waals surface area contributed by atoms with E-state index in [-0.39, 0.29) is 23.4 Å². The van der Waals surface area contributed by atoms with Gasteiger partial charge in [0.1, 0.15) is 12.1 Å². The zero-order valence-corrected chi connectivity index (χ0v) is 13.6. The van der Waals surface area contributed by atoms with Crippen LogP contribution in [-0.4, -0.2) is 20.9 Å². The van der Waals surface area contributed by atoms with Crippen LogP contribution in [0, 0.1) is 17.0 Å². The van der Waals surface area contributed by atoms with Crippen molar-refractivity contribution < 1.29 is 9.66 Å². The lowest BCUT2D eigenvalue weighted by Crippen LogP contribution is -2.23. The van der Waals surface area contributed by atoms with E-state index in [0.29, 0.717) is 5.75 Å². The van der Waals surface area contributed by atoms with E-state index in [1.807, 2.05) is 19.1 Å². The van der Waals surface area contributed by atoms with Gasteiger partial charge in [-0.2, -0.15) is 4.98 Å². The van der Waals surface area contributed by atoms with Crippen molar-refractivity contribution in [2.75, 3.05) is 5.32 Å². The highest BCUT2D eigenvalue weighted by Gasteiger charge is 2.27. The van der Waals surface area contributed by atoms with E-state index in [9.17, 15) is 10.1 Å². The number of ether oxygens (including phenoxy) is 1. The van der Waals surface area contributed by atoms with Gasteiger partial charge >= 0.3 is 11.6 Å². The maximum atomic E-state index is 11.5. The van der Waals surface area contributed by atoms with Crippen molar-refractivity contribution in [3.05, 3.63) is 46.3 Å². The highest BCUT2D eigenvalue weighted by atomic mass is 16.6. The predicted molar refractivity (Wildman–Crippen MR) is 90.4 cm³/mol. The second-order valence-corrected chi connectivity index (χ2v) is 6.03. The van der Waals surface area contributed by atoms with Crippen LogP contribution in [0.2, 0.25) is 0 Å². The third-order valence-electron chi connectivity index (χ3n) is 4.15. The molecule has 1 aliphatic carbocycles. The summed E-state index contributed by atoms with van der Waals surface area (Å²) < 4.78 is 5.62. The van der Waals surface area contributed by atoms with Crippen molar-refractivity contribution >= 4 is 11.5 Å². The lowest BCUT2D eigenvalue weighted by molar-refractivity contribution is -0.385. The topological polar surface area (TPSA) is 90.2 Å². The van der Waals surface area contributed by atoms with Gasteiger partial charge in [-0.05, 0) is 31.9 Å². The molecule has 1 N–H and O–H groups in total. The number of aromatic nitrogens is 2. The summed E-state index contributed by atoms with van der Waals surface area (Å²) in [6.45, 7) is 1.96. The Hall–Kier alpha value is -2.70. The average Bonchev–Trinajstić information content (AvgIpc) is 2.58. The fourth-order valence-electron chi connectivity index (χ4n) is 2.87. The van der Waals surface area contributed by atoms with Crippen LogP contribution < -0.4 is 10.1 Å². The maximum Gasteiger partial charge on any atom is 0.373 e. The molecule has 3 rings (SSSR count). The molecule has 1 fully saturated rings. The Morgan fingerprint density at radius 1 is 1.17 bits per heavy atom. The first-order valence-corrected chi connectivity index (χ1v) is 8.14. The third-order valence-corrected chi connectivity index (χ3v) is 4.15. The molecular weight excluding hydrogens is 308 g/mol. The number of anilines is 1. The molecule has 0 saturated heterocycles. The fraction of sp³-hybridized carbons (Fsp3) is 0.412. The first-order chi connectivity index (χ1) is 11.6. The molecule has 1 saturated carbocycles. The number of hydrogen-bond acceptors (Lipinski definition) is 6. The van der Waals surface area contributed by atoms with Gasteiger partial charge in [-0.25, -0.2) is 4.98 Å². The van der Waals surface area contributed by atoms with Gasteiger partial charge in [0.05, 0.1) is 4.92 Å². The molecule has 0 amide bonds. The van der Waals surface area contributed by atoms with Crippen LogP contribution in [0.4, 0.5) is 11.5 Å². The number of benzene rings is 1. The summed E-state index contributed by atoms with van der Waals surface area (Å²) in [6.07, 6.45) is 6.75. The van der Waals surface area contributed by atoms with E-state index in [4.69, 9.17) is 4.74 Å². The van der Waals surface area contributed by atoms with Gasteiger partial charge in [-0.3, -0.25) is 10.1 Å².